The molecule has 2 N–H and O–H groups in total. The molecule has 2 fully saturated rings. The lowest BCUT2D eigenvalue weighted by Crippen LogP contribution is -2.42. The lowest BCUT2D eigenvalue weighted by molar-refractivity contribution is -0.140. The Hall–Kier alpha value is -0.610. The number of methoxy groups -OCH3 is 1. The summed E-state index contributed by atoms with van der Waals surface area (Å²) in [6.07, 6.45) is 4.78. The summed E-state index contributed by atoms with van der Waals surface area (Å²) in [7, 11) is 1.55. The smallest absolute Gasteiger partial charge is 0.253 e. The lowest BCUT2D eigenvalue weighted by atomic mass is 9.82. The van der Waals surface area contributed by atoms with Gasteiger partial charge in [-0.1, -0.05) is 12.8 Å². The molecule has 3 unspecified atom stereocenters. The van der Waals surface area contributed by atoms with Crippen molar-refractivity contribution >= 4 is 5.91 Å². The van der Waals surface area contributed by atoms with Gasteiger partial charge in [0.1, 0.15) is 6.10 Å². The van der Waals surface area contributed by atoms with E-state index in [0.29, 0.717) is 0 Å². The molecular formula is C12H22N2O2. The predicted octanol–water partition coefficient (Wildman–Crippen LogP) is 0.609. The Labute approximate surface area is 97.1 Å². The molecule has 2 aliphatic rings. The van der Waals surface area contributed by atoms with Crippen molar-refractivity contribution in [1.29, 1.82) is 0 Å². The van der Waals surface area contributed by atoms with Gasteiger partial charge in [0.05, 0.1) is 0 Å². The van der Waals surface area contributed by atoms with E-state index >= 15 is 0 Å². The fourth-order valence-corrected chi connectivity index (χ4v) is 3.09. The van der Waals surface area contributed by atoms with E-state index in [0.717, 1.165) is 24.9 Å². The minimum absolute atomic E-state index is 0.0828. The van der Waals surface area contributed by atoms with Crippen LogP contribution in [0.25, 0.3) is 0 Å². The third kappa shape index (κ3) is 2.23. The number of nitrogens with two attached hydrogens (primary N) is 1. The second kappa shape index (κ2) is 5.15. The minimum atomic E-state index is -0.444. The maximum absolute atomic E-state index is 12.1. The van der Waals surface area contributed by atoms with Crippen molar-refractivity contribution in [2.24, 2.45) is 17.6 Å². The van der Waals surface area contributed by atoms with Crippen LogP contribution in [-0.4, -0.2) is 43.7 Å². The van der Waals surface area contributed by atoms with Gasteiger partial charge in [0.15, 0.2) is 0 Å². The molecule has 16 heavy (non-hydrogen) atoms. The molecular weight excluding hydrogens is 204 g/mol. The first-order valence-electron chi connectivity index (χ1n) is 6.28. The van der Waals surface area contributed by atoms with Crippen molar-refractivity contribution in [2.45, 2.75) is 31.8 Å². The van der Waals surface area contributed by atoms with Gasteiger partial charge < -0.3 is 15.4 Å². The number of ether oxygens (including phenoxy) is 1. The second-order valence-corrected chi connectivity index (χ2v) is 5.01. The molecule has 0 radical (unpaired) electrons. The van der Waals surface area contributed by atoms with Crippen LogP contribution in [0.4, 0.5) is 0 Å². The van der Waals surface area contributed by atoms with Gasteiger partial charge in [-0.2, -0.15) is 0 Å². The van der Waals surface area contributed by atoms with Crippen LogP contribution in [0.1, 0.15) is 25.7 Å². The van der Waals surface area contributed by atoms with E-state index in [1.54, 1.807) is 7.11 Å². The first-order chi connectivity index (χ1) is 7.76. The Bertz CT molecular complexity index is 239. The maximum atomic E-state index is 12.1. The van der Waals surface area contributed by atoms with Crippen LogP contribution in [0.2, 0.25) is 0 Å². The fourth-order valence-electron chi connectivity index (χ4n) is 3.09. The third-order valence-electron chi connectivity index (χ3n) is 4.06. The van der Waals surface area contributed by atoms with Gasteiger partial charge in [0, 0.05) is 26.7 Å². The molecule has 1 amide bonds. The van der Waals surface area contributed by atoms with E-state index in [1.807, 2.05) is 4.90 Å². The zero-order chi connectivity index (χ0) is 11.5. The molecule has 1 saturated carbocycles. The SMILES string of the molecule is COC(CN)C(=O)N1CC2CCCCC2C1. The standard InChI is InChI=1S/C12H22N2O2/c1-16-11(6-13)12(15)14-7-9-4-2-3-5-10(9)8-14/h9-11H,2-8,13H2,1H3. The summed E-state index contributed by atoms with van der Waals surface area (Å²) in [5, 5.41) is 0. The summed E-state index contributed by atoms with van der Waals surface area (Å²) in [4.78, 5) is 14.0. The molecule has 1 saturated heterocycles. The van der Waals surface area contributed by atoms with Crippen LogP contribution in [0.3, 0.4) is 0 Å². The lowest BCUT2D eigenvalue weighted by Gasteiger charge is -2.22. The van der Waals surface area contributed by atoms with Crippen molar-refractivity contribution in [2.75, 3.05) is 26.7 Å². The average molecular weight is 226 g/mol. The molecule has 1 aliphatic carbocycles. The molecule has 92 valence electrons. The highest BCUT2D eigenvalue weighted by Crippen LogP contribution is 2.36. The number of hydrogen-bond acceptors (Lipinski definition) is 3. The number of likely N-dealkylation sites (tertiary alicyclic amines) is 1. The zero-order valence-corrected chi connectivity index (χ0v) is 10.0. The first-order valence-corrected chi connectivity index (χ1v) is 6.28. The van der Waals surface area contributed by atoms with Gasteiger partial charge >= 0.3 is 0 Å². The van der Waals surface area contributed by atoms with Crippen LogP contribution in [0.15, 0.2) is 0 Å². The molecule has 4 nitrogen and oxygen atoms in total. The normalized spacial score (nSPS) is 31.2. The average Bonchev–Trinajstić information content (AvgIpc) is 2.74. The van der Waals surface area contributed by atoms with E-state index in [2.05, 4.69) is 0 Å². The highest BCUT2D eigenvalue weighted by molar-refractivity contribution is 5.81. The Balaban J connectivity index is 1.94. The van der Waals surface area contributed by atoms with E-state index in [-0.39, 0.29) is 12.5 Å². The molecule has 0 aromatic heterocycles. The summed E-state index contributed by atoms with van der Waals surface area (Å²) in [5.74, 6) is 1.54. The quantitative estimate of drug-likeness (QED) is 0.767. The Morgan fingerprint density at radius 2 is 1.94 bits per heavy atom. The molecule has 0 aromatic rings. The van der Waals surface area contributed by atoms with Crippen LogP contribution in [-0.2, 0) is 9.53 Å². The van der Waals surface area contributed by atoms with Crippen molar-refractivity contribution in [1.82, 2.24) is 4.90 Å². The Morgan fingerprint density at radius 3 is 2.38 bits per heavy atom. The summed E-state index contributed by atoms with van der Waals surface area (Å²) in [5.41, 5.74) is 5.53. The highest BCUT2D eigenvalue weighted by atomic mass is 16.5. The molecule has 1 aliphatic heterocycles. The number of hydrogen-bond donors (Lipinski definition) is 1. The molecule has 0 spiro atoms. The number of nitrogens with zero attached hydrogens (tertiary/aromatic N) is 1. The zero-order valence-electron chi connectivity index (χ0n) is 10.0. The van der Waals surface area contributed by atoms with Gasteiger partial charge in [-0.25, -0.2) is 0 Å². The van der Waals surface area contributed by atoms with Gasteiger partial charge in [0.25, 0.3) is 5.91 Å². The highest BCUT2D eigenvalue weighted by Gasteiger charge is 2.38. The Kier molecular flexibility index (Phi) is 3.82. The minimum Gasteiger partial charge on any atom is -0.370 e. The van der Waals surface area contributed by atoms with Crippen molar-refractivity contribution < 1.29 is 9.53 Å². The predicted molar refractivity (Wildman–Crippen MR) is 61.9 cm³/mol. The largest absolute Gasteiger partial charge is 0.370 e. The van der Waals surface area contributed by atoms with Crippen LogP contribution in [0, 0.1) is 11.8 Å². The van der Waals surface area contributed by atoms with Crippen molar-refractivity contribution in [3.8, 4) is 0 Å². The maximum Gasteiger partial charge on any atom is 0.253 e. The van der Waals surface area contributed by atoms with E-state index in [1.165, 1.54) is 25.7 Å². The topological polar surface area (TPSA) is 55.6 Å². The van der Waals surface area contributed by atoms with E-state index in [9.17, 15) is 4.79 Å². The first kappa shape index (κ1) is 11.9. The number of amides is 1. The fraction of sp³-hybridized carbons (Fsp3) is 0.917. The number of carbonyl (C=O) groups excluding carboxylic acids is 1. The summed E-state index contributed by atoms with van der Waals surface area (Å²) < 4.78 is 5.11. The summed E-state index contributed by atoms with van der Waals surface area (Å²) in [6, 6.07) is 0. The molecule has 2 rings (SSSR count). The molecule has 0 bridgehead atoms. The number of rotatable bonds is 3. The number of fused-ring (bicyclic) bond motifs is 1. The molecule has 3 atom stereocenters. The Morgan fingerprint density at radius 1 is 1.38 bits per heavy atom. The number of carbonyl (C=O) groups is 1. The van der Waals surface area contributed by atoms with Crippen molar-refractivity contribution in [3.05, 3.63) is 0 Å². The summed E-state index contributed by atoms with van der Waals surface area (Å²) >= 11 is 0. The van der Waals surface area contributed by atoms with Crippen LogP contribution < -0.4 is 5.73 Å². The third-order valence-corrected chi connectivity index (χ3v) is 4.06. The van der Waals surface area contributed by atoms with Crippen LogP contribution >= 0.6 is 0 Å². The second-order valence-electron chi connectivity index (χ2n) is 5.01. The van der Waals surface area contributed by atoms with Gasteiger partial charge in [0.2, 0.25) is 0 Å². The molecule has 4 heteroatoms. The molecule has 1 heterocycles. The van der Waals surface area contributed by atoms with Gasteiger partial charge in [-0.05, 0) is 24.7 Å². The van der Waals surface area contributed by atoms with E-state index in [4.69, 9.17) is 10.5 Å². The van der Waals surface area contributed by atoms with Crippen LogP contribution in [0.5, 0.6) is 0 Å². The molecule has 0 aromatic carbocycles. The van der Waals surface area contributed by atoms with Gasteiger partial charge in [-0.3, -0.25) is 4.79 Å². The van der Waals surface area contributed by atoms with Crippen molar-refractivity contribution in [3.63, 3.8) is 0 Å². The summed E-state index contributed by atoms with van der Waals surface area (Å²) in [6.45, 7) is 2.12. The van der Waals surface area contributed by atoms with E-state index < -0.39 is 6.10 Å². The monoisotopic (exact) mass is 226 g/mol. The van der Waals surface area contributed by atoms with Gasteiger partial charge in [-0.15, -0.1) is 0 Å².